The Hall–Kier alpha value is -4.54. The number of nitrogens with one attached hydrogen (secondary N) is 1. The molecule has 256 valence electrons. The number of nitrogens with zero attached hydrogens (tertiary/aromatic N) is 2. The van der Waals surface area contributed by atoms with Gasteiger partial charge >= 0.3 is 0 Å². The van der Waals surface area contributed by atoms with E-state index in [0.29, 0.717) is 35.3 Å². The number of ether oxygens (including phenoxy) is 2. The Labute approximate surface area is 292 Å². The standard InChI is InChI=1S/C38H40ClN3O6S/c39-33-19-11-10-14-29(33)26-41(34(24-28-12-4-1-5-13-28)38(44)40-30-15-6-2-7-16-30)37(43)27-42(49(45,46)32-17-8-3-9-18-32)31-20-21-35-36(25-31)48-23-22-47-35/h1,3-5,8-14,17-21,25,30,34H,2,6-7,15-16,22-24,26-27H2,(H,40,44)/t34-/m0/s1. The summed E-state index contributed by atoms with van der Waals surface area (Å²) in [6, 6.07) is 28.5. The summed E-state index contributed by atoms with van der Waals surface area (Å²) < 4.78 is 41.1. The molecule has 2 aliphatic rings. The zero-order valence-electron chi connectivity index (χ0n) is 27.2. The van der Waals surface area contributed by atoms with E-state index in [2.05, 4.69) is 5.32 Å². The van der Waals surface area contributed by atoms with Gasteiger partial charge in [-0.25, -0.2) is 8.42 Å². The highest BCUT2D eigenvalue weighted by molar-refractivity contribution is 7.92. The van der Waals surface area contributed by atoms with Gasteiger partial charge in [-0.3, -0.25) is 13.9 Å². The first-order valence-corrected chi connectivity index (χ1v) is 18.5. The molecule has 1 atom stereocenters. The highest BCUT2D eigenvalue weighted by Gasteiger charge is 2.36. The number of amides is 2. The summed E-state index contributed by atoms with van der Waals surface area (Å²) in [5.74, 6) is 0.0224. The SMILES string of the molecule is O=C(NC1CCCCC1)[C@H](Cc1ccccc1)N(Cc1ccccc1Cl)C(=O)CN(c1ccc2c(c1)OCCO2)S(=O)(=O)c1ccccc1. The Morgan fingerprint density at radius 2 is 1.47 bits per heavy atom. The van der Waals surface area contributed by atoms with Crippen molar-refractivity contribution < 1.29 is 27.5 Å². The molecule has 0 unspecified atom stereocenters. The van der Waals surface area contributed by atoms with Crippen LogP contribution in [0, 0.1) is 0 Å². The maximum atomic E-state index is 14.8. The van der Waals surface area contributed by atoms with Crippen LogP contribution in [0.1, 0.15) is 43.2 Å². The largest absolute Gasteiger partial charge is 0.486 e. The fourth-order valence-corrected chi connectivity index (χ4v) is 7.97. The molecule has 0 spiro atoms. The molecule has 0 bridgehead atoms. The number of hydrogen-bond donors (Lipinski definition) is 1. The molecule has 2 amide bonds. The molecule has 0 radical (unpaired) electrons. The van der Waals surface area contributed by atoms with E-state index in [-0.39, 0.29) is 35.5 Å². The lowest BCUT2D eigenvalue weighted by Crippen LogP contribution is -2.55. The van der Waals surface area contributed by atoms with E-state index in [1.165, 1.54) is 17.0 Å². The molecule has 1 fully saturated rings. The molecule has 4 aromatic rings. The topological polar surface area (TPSA) is 105 Å². The summed E-state index contributed by atoms with van der Waals surface area (Å²) in [4.78, 5) is 30.5. The average molecular weight is 702 g/mol. The molecule has 1 heterocycles. The summed E-state index contributed by atoms with van der Waals surface area (Å²) in [6.07, 6.45) is 5.15. The van der Waals surface area contributed by atoms with Crippen LogP contribution in [-0.2, 0) is 32.6 Å². The zero-order chi connectivity index (χ0) is 34.2. The van der Waals surface area contributed by atoms with Crippen LogP contribution in [0.25, 0.3) is 0 Å². The second kappa shape index (κ2) is 15.8. The molecule has 0 aromatic heterocycles. The van der Waals surface area contributed by atoms with E-state index in [4.69, 9.17) is 21.1 Å². The summed E-state index contributed by atoms with van der Waals surface area (Å²) >= 11 is 6.62. The van der Waals surface area contributed by atoms with Gasteiger partial charge in [0.1, 0.15) is 25.8 Å². The summed E-state index contributed by atoms with van der Waals surface area (Å²) in [5.41, 5.74) is 1.73. The van der Waals surface area contributed by atoms with Crippen LogP contribution in [0.5, 0.6) is 11.5 Å². The quantitative estimate of drug-likeness (QED) is 0.184. The normalized spacial score (nSPS) is 15.2. The van der Waals surface area contributed by atoms with Crippen LogP contribution in [0.3, 0.4) is 0 Å². The van der Waals surface area contributed by atoms with Gasteiger partial charge in [0.2, 0.25) is 11.8 Å². The predicted octanol–water partition coefficient (Wildman–Crippen LogP) is 6.40. The van der Waals surface area contributed by atoms with Gasteiger partial charge < -0.3 is 19.7 Å². The van der Waals surface area contributed by atoms with Crippen LogP contribution in [0.15, 0.2) is 108 Å². The maximum absolute atomic E-state index is 14.8. The van der Waals surface area contributed by atoms with E-state index >= 15 is 0 Å². The number of fused-ring (bicyclic) bond motifs is 1. The molecule has 9 nitrogen and oxygen atoms in total. The Kier molecular flexibility index (Phi) is 11.1. The molecule has 1 saturated carbocycles. The van der Waals surface area contributed by atoms with Crippen LogP contribution < -0.4 is 19.1 Å². The number of carbonyl (C=O) groups excluding carboxylic acids is 2. The Balaban J connectivity index is 1.41. The van der Waals surface area contributed by atoms with Gasteiger partial charge in [-0.05, 0) is 54.3 Å². The van der Waals surface area contributed by atoms with Crippen LogP contribution in [0.2, 0.25) is 5.02 Å². The van der Waals surface area contributed by atoms with Crippen molar-refractivity contribution in [2.24, 2.45) is 0 Å². The van der Waals surface area contributed by atoms with E-state index in [9.17, 15) is 18.0 Å². The summed E-state index contributed by atoms with van der Waals surface area (Å²) in [6.45, 7) is 0.0983. The van der Waals surface area contributed by atoms with Crippen molar-refractivity contribution in [2.75, 3.05) is 24.1 Å². The third-order valence-corrected chi connectivity index (χ3v) is 11.1. The number of carbonyl (C=O) groups is 2. The lowest BCUT2D eigenvalue weighted by Gasteiger charge is -2.35. The van der Waals surface area contributed by atoms with Gasteiger partial charge in [0, 0.05) is 30.1 Å². The molecule has 11 heteroatoms. The lowest BCUT2D eigenvalue weighted by molar-refractivity contribution is -0.140. The minimum Gasteiger partial charge on any atom is -0.486 e. The molecule has 1 N–H and O–H groups in total. The van der Waals surface area contributed by atoms with Crippen molar-refractivity contribution in [1.29, 1.82) is 0 Å². The number of rotatable bonds is 12. The number of sulfonamides is 1. The maximum Gasteiger partial charge on any atom is 0.264 e. The average Bonchev–Trinajstić information content (AvgIpc) is 3.13. The Morgan fingerprint density at radius 1 is 0.816 bits per heavy atom. The second-order valence-electron chi connectivity index (χ2n) is 12.3. The lowest BCUT2D eigenvalue weighted by atomic mass is 9.94. The minimum absolute atomic E-state index is 0.00413. The fraction of sp³-hybridized carbons (Fsp3) is 0.316. The molecular weight excluding hydrogens is 662 g/mol. The van der Waals surface area contributed by atoms with Crippen molar-refractivity contribution in [1.82, 2.24) is 10.2 Å². The summed E-state index contributed by atoms with van der Waals surface area (Å²) in [5, 5.41) is 3.66. The van der Waals surface area contributed by atoms with Gasteiger partial charge in [0.15, 0.2) is 11.5 Å². The van der Waals surface area contributed by atoms with Crippen molar-refractivity contribution in [3.05, 3.63) is 119 Å². The van der Waals surface area contributed by atoms with Crippen LogP contribution in [0.4, 0.5) is 5.69 Å². The molecule has 0 saturated heterocycles. The van der Waals surface area contributed by atoms with Gasteiger partial charge in [-0.2, -0.15) is 0 Å². The van der Waals surface area contributed by atoms with Crippen molar-refractivity contribution in [3.63, 3.8) is 0 Å². The molecule has 1 aliphatic carbocycles. The van der Waals surface area contributed by atoms with Gasteiger partial charge in [0.05, 0.1) is 10.6 Å². The molecule has 4 aromatic carbocycles. The highest BCUT2D eigenvalue weighted by Crippen LogP contribution is 2.36. The molecular formula is C38H40ClN3O6S. The van der Waals surface area contributed by atoms with Gasteiger partial charge in [-0.15, -0.1) is 0 Å². The first-order valence-electron chi connectivity index (χ1n) is 16.6. The van der Waals surface area contributed by atoms with Crippen LogP contribution in [-0.4, -0.2) is 57.0 Å². The number of hydrogen-bond acceptors (Lipinski definition) is 6. The Bertz CT molecular complexity index is 1850. The van der Waals surface area contributed by atoms with E-state index in [0.717, 1.165) is 42.0 Å². The van der Waals surface area contributed by atoms with Crippen molar-refractivity contribution >= 4 is 39.1 Å². The Morgan fingerprint density at radius 3 is 2.18 bits per heavy atom. The predicted molar refractivity (Wildman–Crippen MR) is 189 cm³/mol. The smallest absolute Gasteiger partial charge is 0.264 e. The first kappa shape index (κ1) is 34.3. The van der Waals surface area contributed by atoms with Crippen LogP contribution >= 0.6 is 11.6 Å². The third kappa shape index (κ3) is 8.37. The molecule has 49 heavy (non-hydrogen) atoms. The third-order valence-electron chi connectivity index (χ3n) is 8.94. The van der Waals surface area contributed by atoms with E-state index < -0.39 is 28.5 Å². The highest BCUT2D eigenvalue weighted by atomic mass is 35.5. The van der Waals surface area contributed by atoms with E-state index in [1.54, 1.807) is 54.6 Å². The van der Waals surface area contributed by atoms with Gasteiger partial charge in [-0.1, -0.05) is 97.6 Å². The first-order chi connectivity index (χ1) is 23.8. The monoisotopic (exact) mass is 701 g/mol. The number of halogens is 1. The van der Waals surface area contributed by atoms with Gasteiger partial charge in [0.25, 0.3) is 10.0 Å². The fourth-order valence-electron chi connectivity index (χ4n) is 6.34. The van der Waals surface area contributed by atoms with E-state index in [1.807, 2.05) is 36.4 Å². The molecule has 1 aliphatic heterocycles. The molecule has 6 rings (SSSR count). The number of anilines is 1. The minimum atomic E-state index is -4.25. The second-order valence-corrected chi connectivity index (χ2v) is 14.6. The van der Waals surface area contributed by atoms with Crippen molar-refractivity contribution in [3.8, 4) is 11.5 Å². The zero-order valence-corrected chi connectivity index (χ0v) is 28.7. The van der Waals surface area contributed by atoms with Crippen molar-refractivity contribution in [2.45, 2.75) is 62.0 Å². The number of benzene rings is 4. The summed E-state index contributed by atoms with van der Waals surface area (Å²) in [7, 11) is -4.25.